The fraction of sp³-hybridized carbons (Fsp3) is 0.636. The van der Waals surface area contributed by atoms with Gasteiger partial charge in [0.25, 0.3) is 0 Å². The number of aryl methyl sites for hydroxylation is 1. The van der Waals surface area contributed by atoms with Gasteiger partial charge in [-0.15, -0.1) is 0 Å². The van der Waals surface area contributed by atoms with Crippen molar-refractivity contribution in [2.75, 3.05) is 13.1 Å². The first-order chi connectivity index (χ1) is 6.90. The van der Waals surface area contributed by atoms with E-state index in [2.05, 4.69) is 22.2 Å². The molecule has 1 aromatic rings. The van der Waals surface area contributed by atoms with Crippen molar-refractivity contribution in [3.8, 4) is 0 Å². The maximum absolute atomic E-state index is 4.61. The standard InChI is InChI=1S/C11H17N3/c1-2-3-11-13-8-9-4-6-12-7-5-10(9)14-11/h8,12H,2-7H2,1H3. The minimum atomic E-state index is 1.00. The first-order valence-corrected chi connectivity index (χ1v) is 5.44. The number of rotatable bonds is 2. The molecular formula is C11H17N3. The number of nitrogens with zero attached hydrogens (tertiary/aromatic N) is 2. The van der Waals surface area contributed by atoms with Crippen LogP contribution in [0.25, 0.3) is 0 Å². The Hall–Kier alpha value is -0.960. The van der Waals surface area contributed by atoms with Crippen molar-refractivity contribution in [2.45, 2.75) is 32.6 Å². The lowest BCUT2D eigenvalue weighted by Gasteiger charge is -2.05. The van der Waals surface area contributed by atoms with Crippen LogP contribution in [0.1, 0.15) is 30.4 Å². The molecule has 0 bridgehead atoms. The molecule has 1 N–H and O–H groups in total. The molecule has 76 valence electrons. The summed E-state index contributed by atoms with van der Waals surface area (Å²) in [6.45, 7) is 4.27. The van der Waals surface area contributed by atoms with Gasteiger partial charge in [-0.25, -0.2) is 9.97 Å². The number of hydrogen-bond donors (Lipinski definition) is 1. The van der Waals surface area contributed by atoms with Crippen LogP contribution >= 0.6 is 0 Å². The van der Waals surface area contributed by atoms with Crippen molar-refractivity contribution in [1.82, 2.24) is 15.3 Å². The molecule has 0 saturated carbocycles. The van der Waals surface area contributed by atoms with Crippen molar-refractivity contribution in [1.29, 1.82) is 0 Å². The minimum Gasteiger partial charge on any atom is -0.316 e. The quantitative estimate of drug-likeness (QED) is 0.761. The average Bonchev–Trinajstić information content (AvgIpc) is 2.42. The Morgan fingerprint density at radius 3 is 3.07 bits per heavy atom. The third-order valence-electron chi connectivity index (χ3n) is 2.59. The van der Waals surface area contributed by atoms with E-state index in [1.807, 2.05) is 6.20 Å². The van der Waals surface area contributed by atoms with Gasteiger partial charge < -0.3 is 5.32 Å². The largest absolute Gasteiger partial charge is 0.316 e. The Morgan fingerprint density at radius 2 is 2.21 bits per heavy atom. The van der Waals surface area contributed by atoms with Gasteiger partial charge in [-0.2, -0.15) is 0 Å². The van der Waals surface area contributed by atoms with Crippen molar-refractivity contribution in [3.63, 3.8) is 0 Å². The molecule has 1 aliphatic heterocycles. The zero-order valence-corrected chi connectivity index (χ0v) is 8.71. The van der Waals surface area contributed by atoms with E-state index in [9.17, 15) is 0 Å². The molecule has 0 fully saturated rings. The van der Waals surface area contributed by atoms with Crippen LogP contribution in [0.5, 0.6) is 0 Å². The molecule has 2 rings (SSSR count). The van der Waals surface area contributed by atoms with E-state index in [0.29, 0.717) is 0 Å². The molecule has 1 aliphatic rings. The van der Waals surface area contributed by atoms with Gasteiger partial charge in [0.2, 0.25) is 0 Å². The lowest BCUT2D eigenvalue weighted by molar-refractivity contribution is 0.707. The summed E-state index contributed by atoms with van der Waals surface area (Å²) in [5.74, 6) is 1.01. The Labute approximate surface area is 85.0 Å². The summed E-state index contributed by atoms with van der Waals surface area (Å²) in [5, 5.41) is 3.38. The Morgan fingerprint density at radius 1 is 1.36 bits per heavy atom. The molecule has 0 saturated heterocycles. The predicted molar refractivity (Wildman–Crippen MR) is 56.3 cm³/mol. The van der Waals surface area contributed by atoms with Crippen LogP contribution < -0.4 is 5.32 Å². The van der Waals surface area contributed by atoms with Crippen molar-refractivity contribution >= 4 is 0 Å². The lowest BCUT2D eigenvalue weighted by Crippen LogP contribution is -2.16. The van der Waals surface area contributed by atoms with Gasteiger partial charge in [-0.3, -0.25) is 0 Å². The van der Waals surface area contributed by atoms with Gasteiger partial charge in [-0.05, 0) is 24.9 Å². The molecule has 0 amide bonds. The summed E-state index contributed by atoms with van der Waals surface area (Å²) in [6.07, 6.45) is 6.26. The normalized spacial score (nSPS) is 16.1. The fourth-order valence-corrected chi connectivity index (χ4v) is 1.81. The summed E-state index contributed by atoms with van der Waals surface area (Å²) in [4.78, 5) is 9.00. The Bertz CT molecular complexity index is 309. The highest BCUT2D eigenvalue weighted by atomic mass is 14.9. The molecule has 1 aromatic heterocycles. The minimum absolute atomic E-state index is 1.00. The topological polar surface area (TPSA) is 37.8 Å². The zero-order chi connectivity index (χ0) is 9.80. The number of fused-ring (bicyclic) bond motifs is 1. The van der Waals surface area contributed by atoms with Crippen LogP contribution in [-0.2, 0) is 19.3 Å². The summed E-state index contributed by atoms with van der Waals surface area (Å²) in [7, 11) is 0. The summed E-state index contributed by atoms with van der Waals surface area (Å²) in [6, 6.07) is 0. The number of hydrogen-bond acceptors (Lipinski definition) is 3. The lowest BCUT2D eigenvalue weighted by atomic mass is 10.1. The van der Waals surface area contributed by atoms with Crippen LogP contribution in [0.2, 0.25) is 0 Å². The first kappa shape index (κ1) is 9.59. The molecular weight excluding hydrogens is 174 g/mol. The van der Waals surface area contributed by atoms with Gasteiger partial charge in [0, 0.05) is 31.3 Å². The molecule has 0 radical (unpaired) electrons. The van der Waals surface area contributed by atoms with Crippen LogP contribution in [0, 0.1) is 0 Å². The van der Waals surface area contributed by atoms with Crippen molar-refractivity contribution < 1.29 is 0 Å². The maximum Gasteiger partial charge on any atom is 0.128 e. The Balaban J connectivity index is 2.23. The smallest absolute Gasteiger partial charge is 0.128 e. The first-order valence-electron chi connectivity index (χ1n) is 5.44. The molecule has 3 heteroatoms. The fourth-order valence-electron chi connectivity index (χ4n) is 1.81. The second-order valence-corrected chi connectivity index (χ2v) is 3.76. The third kappa shape index (κ3) is 2.10. The average molecular weight is 191 g/mol. The monoisotopic (exact) mass is 191 g/mol. The van der Waals surface area contributed by atoms with Gasteiger partial charge >= 0.3 is 0 Å². The SMILES string of the molecule is CCCc1ncc2c(n1)CCNCC2. The van der Waals surface area contributed by atoms with Gasteiger partial charge in [0.05, 0.1) is 0 Å². The Kier molecular flexibility index (Phi) is 3.09. The second kappa shape index (κ2) is 4.51. The number of aromatic nitrogens is 2. The predicted octanol–water partition coefficient (Wildman–Crippen LogP) is 1.12. The summed E-state index contributed by atoms with van der Waals surface area (Å²) < 4.78 is 0. The molecule has 3 nitrogen and oxygen atoms in total. The molecule has 0 spiro atoms. The molecule has 2 heterocycles. The third-order valence-corrected chi connectivity index (χ3v) is 2.59. The maximum atomic E-state index is 4.61. The van der Waals surface area contributed by atoms with E-state index in [-0.39, 0.29) is 0 Å². The van der Waals surface area contributed by atoms with Gasteiger partial charge in [0.1, 0.15) is 5.82 Å². The van der Waals surface area contributed by atoms with Crippen LogP contribution in [0.4, 0.5) is 0 Å². The second-order valence-electron chi connectivity index (χ2n) is 3.76. The highest BCUT2D eigenvalue weighted by Gasteiger charge is 2.09. The van der Waals surface area contributed by atoms with E-state index < -0.39 is 0 Å². The van der Waals surface area contributed by atoms with Crippen molar-refractivity contribution in [3.05, 3.63) is 23.3 Å². The van der Waals surface area contributed by atoms with Crippen LogP contribution in [0.3, 0.4) is 0 Å². The van der Waals surface area contributed by atoms with E-state index >= 15 is 0 Å². The highest BCUT2D eigenvalue weighted by Crippen LogP contribution is 2.10. The summed E-state index contributed by atoms with van der Waals surface area (Å²) in [5.41, 5.74) is 2.59. The highest BCUT2D eigenvalue weighted by molar-refractivity contribution is 5.19. The van der Waals surface area contributed by atoms with E-state index in [1.54, 1.807) is 0 Å². The van der Waals surface area contributed by atoms with Gasteiger partial charge in [0.15, 0.2) is 0 Å². The van der Waals surface area contributed by atoms with Crippen LogP contribution in [0.15, 0.2) is 6.20 Å². The molecule has 0 aromatic carbocycles. The van der Waals surface area contributed by atoms with E-state index in [0.717, 1.165) is 44.6 Å². The summed E-state index contributed by atoms with van der Waals surface area (Å²) >= 11 is 0. The molecule has 14 heavy (non-hydrogen) atoms. The number of nitrogens with one attached hydrogen (secondary N) is 1. The van der Waals surface area contributed by atoms with Crippen molar-refractivity contribution in [2.24, 2.45) is 0 Å². The zero-order valence-electron chi connectivity index (χ0n) is 8.71. The molecule has 0 atom stereocenters. The van der Waals surface area contributed by atoms with Crippen LogP contribution in [-0.4, -0.2) is 23.1 Å². The van der Waals surface area contributed by atoms with E-state index in [1.165, 1.54) is 11.3 Å². The molecule has 0 aliphatic carbocycles. The van der Waals surface area contributed by atoms with E-state index in [4.69, 9.17) is 0 Å². The van der Waals surface area contributed by atoms with Gasteiger partial charge in [-0.1, -0.05) is 6.92 Å². The molecule has 0 unspecified atom stereocenters.